The molecule has 0 aliphatic heterocycles. The van der Waals surface area contributed by atoms with Crippen molar-refractivity contribution in [3.63, 3.8) is 0 Å². The molecule has 2 aliphatic carbocycles. The summed E-state index contributed by atoms with van der Waals surface area (Å²) >= 11 is 0. The van der Waals surface area contributed by atoms with Crippen molar-refractivity contribution in [2.24, 2.45) is 16.7 Å². The third-order valence-electron chi connectivity index (χ3n) is 3.27. The van der Waals surface area contributed by atoms with Gasteiger partial charge in [-0.3, -0.25) is 4.79 Å². The molecule has 19 heavy (non-hydrogen) atoms. The minimum absolute atomic E-state index is 0.0797. The Morgan fingerprint density at radius 1 is 1.11 bits per heavy atom. The van der Waals surface area contributed by atoms with Gasteiger partial charge in [-0.1, -0.05) is 59.7 Å². The van der Waals surface area contributed by atoms with E-state index in [0.29, 0.717) is 0 Å². The van der Waals surface area contributed by atoms with E-state index in [1.54, 1.807) is 0 Å². The Kier molecular flexibility index (Phi) is 4.44. The zero-order valence-corrected chi connectivity index (χ0v) is 12.9. The highest BCUT2D eigenvalue weighted by atomic mass is 16.4. The summed E-state index contributed by atoms with van der Waals surface area (Å²) in [6.45, 7) is 12.2. The van der Waals surface area contributed by atoms with Gasteiger partial charge in [0.05, 0.1) is 5.92 Å². The summed E-state index contributed by atoms with van der Waals surface area (Å²) in [5, 5.41) is 9.07. The molecule has 0 spiro atoms. The van der Waals surface area contributed by atoms with Gasteiger partial charge in [-0.25, -0.2) is 0 Å². The van der Waals surface area contributed by atoms with Gasteiger partial charge < -0.3 is 5.11 Å². The van der Waals surface area contributed by atoms with E-state index in [2.05, 4.69) is 45.0 Å². The second kappa shape index (κ2) is 5.36. The molecular weight excluding hydrogens is 236 g/mol. The molecule has 1 N–H and O–H groups in total. The van der Waals surface area contributed by atoms with Crippen LogP contribution in [-0.4, -0.2) is 11.1 Å². The predicted octanol–water partition coefficient (Wildman–Crippen LogP) is 4.84. The predicted molar refractivity (Wildman–Crippen MR) is 80.1 cm³/mol. The number of aliphatic carboxylic acids is 1. The highest BCUT2D eigenvalue weighted by molar-refractivity contribution is 5.80. The summed E-state index contributed by atoms with van der Waals surface area (Å²) in [5.74, 6) is -0.935. The number of hydrogen-bond donors (Lipinski definition) is 1. The van der Waals surface area contributed by atoms with Crippen molar-refractivity contribution < 1.29 is 9.90 Å². The average molecular weight is 262 g/mol. The third kappa shape index (κ3) is 5.46. The van der Waals surface area contributed by atoms with Gasteiger partial charge in [-0.05, 0) is 34.4 Å². The Hall–Kier alpha value is -1.31. The van der Waals surface area contributed by atoms with Crippen molar-refractivity contribution in [2.45, 2.75) is 48.0 Å². The van der Waals surface area contributed by atoms with Gasteiger partial charge in [0.2, 0.25) is 0 Å². The molecule has 0 saturated carbocycles. The van der Waals surface area contributed by atoms with Crippen LogP contribution in [0.25, 0.3) is 11.1 Å². The largest absolute Gasteiger partial charge is 0.481 e. The summed E-state index contributed by atoms with van der Waals surface area (Å²) in [4.78, 5) is 11.0. The molecule has 106 valence electrons. The quantitative estimate of drug-likeness (QED) is 0.841. The summed E-state index contributed by atoms with van der Waals surface area (Å²) in [6, 6.07) is 8.48. The lowest BCUT2D eigenvalue weighted by Crippen LogP contribution is -2.32. The summed E-state index contributed by atoms with van der Waals surface area (Å²) in [7, 11) is 0. The molecule has 1 atom stereocenters. The zero-order valence-electron chi connectivity index (χ0n) is 12.9. The number of fused-ring (bicyclic) bond motifs is 1. The Bertz CT molecular complexity index is 430. The molecule has 0 heterocycles. The molecule has 2 nitrogen and oxygen atoms in total. The molecule has 2 aliphatic rings. The standard InChI is InChI=1S/C11H22O2.C6H4/c1-10(2,3)7-8(9(12)13)11(4,5)6;1-2-5-4-6(5)3-1/h8H,7H2,1-6H3,(H,12,13);1-4H. The van der Waals surface area contributed by atoms with Gasteiger partial charge in [-0.2, -0.15) is 0 Å². The molecular formula is C17H26O2. The van der Waals surface area contributed by atoms with Gasteiger partial charge in [-0.15, -0.1) is 0 Å². The fraction of sp³-hybridized carbons (Fsp3) is 0.588. The average Bonchev–Trinajstić information content (AvgIpc) is 2.80. The first-order valence-electron chi connectivity index (χ1n) is 6.84. The molecule has 0 bridgehead atoms. The lowest BCUT2D eigenvalue weighted by molar-refractivity contribution is -0.146. The van der Waals surface area contributed by atoms with E-state index < -0.39 is 5.97 Å². The number of carbonyl (C=O) groups is 1. The lowest BCUT2D eigenvalue weighted by atomic mass is 9.72. The van der Waals surface area contributed by atoms with Crippen molar-refractivity contribution in [3.05, 3.63) is 24.3 Å². The molecule has 2 heteroatoms. The SMILES string of the molecule is CC(C)(C)CC(C(=O)O)C(C)(C)C.c1cc2cc-2c1. The van der Waals surface area contributed by atoms with E-state index in [1.165, 1.54) is 11.1 Å². The Morgan fingerprint density at radius 3 is 1.68 bits per heavy atom. The summed E-state index contributed by atoms with van der Waals surface area (Å²) in [6.07, 6.45) is 0.728. The molecule has 0 aromatic heterocycles. The van der Waals surface area contributed by atoms with E-state index in [-0.39, 0.29) is 16.7 Å². The van der Waals surface area contributed by atoms with E-state index in [0.717, 1.165) is 6.42 Å². The van der Waals surface area contributed by atoms with Crippen LogP contribution in [0.2, 0.25) is 0 Å². The first-order valence-corrected chi connectivity index (χ1v) is 6.84. The maximum atomic E-state index is 11.0. The van der Waals surface area contributed by atoms with Crippen LogP contribution in [0.1, 0.15) is 48.0 Å². The molecule has 2 rings (SSSR count). The Morgan fingerprint density at radius 2 is 1.58 bits per heavy atom. The van der Waals surface area contributed by atoms with Crippen molar-refractivity contribution in [1.82, 2.24) is 0 Å². The van der Waals surface area contributed by atoms with Crippen LogP contribution in [0, 0.1) is 16.7 Å². The van der Waals surface area contributed by atoms with Crippen molar-refractivity contribution >= 4 is 5.97 Å². The number of hydrogen-bond acceptors (Lipinski definition) is 1. The highest BCUT2D eigenvalue weighted by Gasteiger charge is 2.34. The minimum Gasteiger partial charge on any atom is -0.481 e. The molecule has 0 aromatic rings. The maximum Gasteiger partial charge on any atom is 0.307 e. The first kappa shape index (κ1) is 15.7. The van der Waals surface area contributed by atoms with Crippen molar-refractivity contribution in [3.8, 4) is 11.1 Å². The molecule has 0 saturated heterocycles. The van der Waals surface area contributed by atoms with Gasteiger partial charge in [0.15, 0.2) is 0 Å². The number of carboxylic acids is 1. The molecule has 0 aromatic carbocycles. The molecule has 0 amide bonds. The fourth-order valence-electron chi connectivity index (χ4n) is 2.05. The topological polar surface area (TPSA) is 37.3 Å². The van der Waals surface area contributed by atoms with Gasteiger partial charge >= 0.3 is 5.97 Å². The van der Waals surface area contributed by atoms with E-state index >= 15 is 0 Å². The first-order chi connectivity index (χ1) is 8.50. The number of rotatable bonds is 2. The van der Waals surface area contributed by atoms with Crippen LogP contribution >= 0.6 is 0 Å². The fourth-order valence-corrected chi connectivity index (χ4v) is 2.05. The number of carboxylic acid groups (broad SMARTS) is 1. The highest BCUT2D eigenvalue weighted by Crippen LogP contribution is 2.36. The molecule has 1 unspecified atom stereocenters. The second-order valence-electron chi connectivity index (χ2n) is 7.60. The monoisotopic (exact) mass is 262 g/mol. The van der Waals surface area contributed by atoms with Crippen LogP contribution in [0.3, 0.4) is 0 Å². The van der Waals surface area contributed by atoms with Crippen molar-refractivity contribution in [1.29, 1.82) is 0 Å². The van der Waals surface area contributed by atoms with E-state index in [1.807, 2.05) is 20.8 Å². The minimum atomic E-state index is -0.678. The maximum absolute atomic E-state index is 11.0. The smallest absolute Gasteiger partial charge is 0.307 e. The lowest BCUT2D eigenvalue weighted by Gasteiger charge is -2.32. The van der Waals surface area contributed by atoms with Crippen LogP contribution in [0.5, 0.6) is 0 Å². The van der Waals surface area contributed by atoms with Crippen LogP contribution in [-0.2, 0) is 4.79 Å². The number of benzene rings is 1. The third-order valence-corrected chi connectivity index (χ3v) is 3.27. The van der Waals surface area contributed by atoms with Gasteiger partial charge in [0.25, 0.3) is 0 Å². The normalized spacial score (nSPS) is 14.2. The summed E-state index contributed by atoms with van der Waals surface area (Å²) < 4.78 is 0. The van der Waals surface area contributed by atoms with Gasteiger partial charge in [0, 0.05) is 0 Å². The summed E-state index contributed by atoms with van der Waals surface area (Å²) in [5.41, 5.74) is 2.78. The van der Waals surface area contributed by atoms with Crippen LogP contribution < -0.4 is 0 Å². The van der Waals surface area contributed by atoms with E-state index in [4.69, 9.17) is 5.11 Å². The van der Waals surface area contributed by atoms with Gasteiger partial charge in [0.1, 0.15) is 0 Å². The Balaban J connectivity index is 0.000000241. The second-order valence-corrected chi connectivity index (χ2v) is 7.60. The zero-order chi connectivity index (χ0) is 14.8. The van der Waals surface area contributed by atoms with Crippen LogP contribution in [0.15, 0.2) is 24.3 Å². The molecule has 0 radical (unpaired) electrons. The molecule has 0 fully saturated rings. The van der Waals surface area contributed by atoms with Crippen molar-refractivity contribution in [2.75, 3.05) is 0 Å². The van der Waals surface area contributed by atoms with E-state index in [9.17, 15) is 4.79 Å². The van der Waals surface area contributed by atoms with Crippen LogP contribution in [0.4, 0.5) is 0 Å². The Labute approximate surface area is 116 Å².